The molecule has 1 saturated carbocycles. The largest absolute Gasteiger partial charge is 0.389 e. The van der Waals surface area contributed by atoms with Gasteiger partial charge in [-0.25, -0.2) is 0 Å². The summed E-state index contributed by atoms with van der Waals surface area (Å²) >= 11 is 0. The van der Waals surface area contributed by atoms with E-state index in [9.17, 15) is 5.11 Å². The van der Waals surface area contributed by atoms with Crippen molar-refractivity contribution in [3.8, 4) is 0 Å². The maximum Gasteiger partial charge on any atom is 0.158 e. The van der Waals surface area contributed by atoms with Gasteiger partial charge in [0.15, 0.2) is 6.29 Å². The summed E-state index contributed by atoms with van der Waals surface area (Å²) in [4.78, 5) is 0. The lowest BCUT2D eigenvalue weighted by molar-refractivity contribution is -0.139. The molecule has 2 N–H and O–H groups in total. The Kier molecular flexibility index (Phi) is 7.91. The summed E-state index contributed by atoms with van der Waals surface area (Å²) in [5, 5.41) is 13.8. The van der Waals surface area contributed by atoms with Gasteiger partial charge in [-0.1, -0.05) is 6.92 Å². The number of hydrogen-bond donors (Lipinski definition) is 2. The summed E-state index contributed by atoms with van der Waals surface area (Å²) in [5.74, 6) is 0.764. The Bertz CT molecular complexity index is 221. The Balaban J connectivity index is 2.15. The molecule has 1 rings (SSSR count). The minimum absolute atomic E-state index is 0.122. The summed E-state index contributed by atoms with van der Waals surface area (Å²) in [5.41, 5.74) is -0.501. The van der Waals surface area contributed by atoms with E-state index < -0.39 is 5.60 Å². The molecule has 114 valence electrons. The second-order valence-corrected chi connectivity index (χ2v) is 5.71. The number of rotatable bonds is 9. The second kappa shape index (κ2) is 8.90. The van der Waals surface area contributed by atoms with Crippen LogP contribution in [0, 0.1) is 5.92 Å². The van der Waals surface area contributed by atoms with E-state index in [2.05, 4.69) is 12.2 Å². The molecule has 0 aromatic carbocycles. The van der Waals surface area contributed by atoms with Gasteiger partial charge in [0.2, 0.25) is 0 Å². The van der Waals surface area contributed by atoms with Crippen LogP contribution in [0.5, 0.6) is 0 Å². The Morgan fingerprint density at radius 1 is 1.21 bits per heavy atom. The van der Waals surface area contributed by atoms with Gasteiger partial charge in [0.25, 0.3) is 0 Å². The van der Waals surface area contributed by atoms with Gasteiger partial charge in [-0.05, 0) is 45.4 Å². The Morgan fingerprint density at radius 3 is 2.32 bits per heavy atom. The molecular weight excluding hydrogens is 242 g/mol. The average Bonchev–Trinajstić information content (AvgIpc) is 2.39. The molecule has 1 aliphatic rings. The molecule has 0 unspecified atom stereocenters. The van der Waals surface area contributed by atoms with Gasteiger partial charge >= 0.3 is 0 Å². The van der Waals surface area contributed by atoms with Crippen LogP contribution in [0.15, 0.2) is 0 Å². The Morgan fingerprint density at radius 2 is 1.79 bits per heavy atom. The number of ether oxygens (including phenoxy) is 2. The normalized spacial score (nSPS) is 27.9. The second-order valence-electron chi connectivity index (χ2n) is 5.71. The Hall–Kier alpha value is -0.160. The van der Waals surface area contributed by atoms with Gasteiger partial charge in [0.05, 0.1) is 5.60 Å². The fourth-order valence-corrected chi connectivity index (χ4v) is 2.60. The molecule has 0 bridgehead atoms. The van der Waals surface area contributed by atoms with Crippen LogP contribution in [0.25, 0.3) is 0 Å². The first-order chi connectivity index (χ1) is 9.09. The molecular formula is C15H31NO3. The van der Waals surface area contributed by atoms with Gasteiger partial charge in [-0.2, -0.15) is 0 Å². The first kappa shape index (κ1) is 16.9. The predicted octanol–water partition coefficient (Wildman–Crippen LogP) is 2.31. The highest BCUT2D eigenvalue weighted by atomic mass is 16.7. The average molecular weight is 273 g/mol. The van der Waals surface area contributed by atoms with Crippen molar-refractivity contribution in [3.05, 3.63) is 0 Å². The van der Waals surface area contributed by atoms with Crippen molar-refractivity contribution in [2.45, 2.75) is 64.8 Å². The lowest BCUT2D eigenvalue weighted by Crippen LogP contribution is -2.44. The first-order valence-corrected chi connectivity index (χ1v) is 7.76. The molecule has 0 aliphatic heterocycles. The minimum atomic E-state index is -0.501. The van der Waals surface area contributed by atoms with E-state index in [0.29, 0.717) is 19.8 Å². The van der Waals surface area contributed by atoms with Crippen LogP contribution in [-0.4, -0.2) is 43.3 Å². The fourth-order valence-electron chi connectivity index (χ4n) is 2.60. The maximum atomic E-state index is 10.4. The predicted molar refractivity (Wildman–Crippen MR) is 77.1 cm³/mol. The third kappa shape index (κ3) is 6.70. The zero-order valence-electron chi connectivity index (χ0n) is 12.8. The summed E-state index contributed by atoms with van der Waals surface area (Å²) in [6, 6.07) is 0. The van der Waals surface area contributed by atoms with Crippen LogP contribution >= 0.6 is 0 Å². The van der Waals surface area contributed by atoms with E-state index in [1.165, 1.54) is 0 Å². The maximum absolute atomic E-state index is 10.4. The van der Waals surface area contributed by atoms with Crippen molar-refractivity contribution in [1.29, 1.82) is 0 Å². The third-order valence-corrected chi connectivity index (χ3v) is 3.92. The summed E-state index contributed by atoms with van der Waals surface area (Å²) < 4.78 is 11.0. The molecule has 0 heterocycles. The van der Waals surface area contributed by atoms with E-state index >= 15 is 0 Å². The van der Waals surface area contributed by atoms with E-state index in [4.69, 9.17) is 9.47 Å². The molecule has 0 amide bonds. The van der Waals surface area contributed by atoms with Crippen LogP contribution < -0.4 is 5.32 Å². The van der Waals surface area contributed by atoms with Crippen molar-refractivity contribution >= 4 is 0 Å². The molecule has 1 fully saturated rings. The van der Waals surface area contributed by atoms with Gasteiger partial charge in [0, 0.05) is 32.7 Å². The molecule has 0 radical (unpaired) electrons. The highest BCUT2D eigenvalue weighted by Crippen LogP contribution is 2.31. The van der Waals surface area contributed by atoms with E-state index in [0.717, 1.165) is 44.6 Å². The molecule has 1 aliphatic carbocycles. The molecule has 0 saturated heterocycles. The molecule has 0 aromatic rings. The lowest BCUT2D eigenvalue weighted by atomic mass is 9.79. The summed E-state index contributed by atoms with van der Waals surface area (Å²) in [6.07, 6.45) is 4.82. The van der Waals surface area contributed by atoms with Gasteiger partial charge < -0.3 is 19.9 Å². The summed E-state index contributed by atoms with van der Waals surface area (Å²) in [7, 11) is 0. The smallest absolute Gasteiger partial charge is 0.158 e. The van der Waals surface area contributed by atoms with Crippen LogP contribution in [0.4, 0.5) is 0 Å². The standard InChI is InChI=1S/C15H31NO3/c1-4-18-14(19-5-2)8-11-16-12-15(17)9-6-13(3)7-10-15/h13-14,16-17H,4-12H2,1-3H3. The van der Waals surface area contributed by atoms with Gasteiger partial charge in [-0.3, -0.25) is 0 Å². The quantitative estimate of drug-likeness (QED) is 0.500. The van der Waals surface area contributed by atoms with Crippen LogP contribution in [0.1, 0.15) is 52.9 Å². The molecule has 0 aromatic heterocycles. The highest BCUT2D eigenvalue weighted by molar-refractivity contribution is 4.86. The number of hydrogen-bond acceptors (Lipinski definition) is 4. The zero-order chi connectivity index (χ0) is 14.1. The van der Waals surface area contributed by atoms with E-state index in [1.807, 2.05) is 13.8 Å². The van der Waals surface area contributed by atoms with Crippen LogP contribution in [-0.2, 0) is 9.47 Å². The van der Waals surface area contributed by atoms with E-state index in [1.54, 1.807) is 0 Å². The third-order valence-electron chi connectivity index (χ3n) is 3.92. The minimum Gasteiger partial charge on any atom is -0.389 e. The van der Waals surface area contributed by atoms with Crippen molar-refractivity contribution in [1.82, 2.24) is 5.32 Å². The number of nitrogens with one attached hydrogen (secondary N) is 1. The first-order valence-electron chi connectivity index (χ1n) is 7.76. The van der Waals surface area contributed by atoms with Crippen LogP contribution in [0.2, 0.25) is 0 Å². The van der Waals surface area contributed by atoms with E-state index in [-0.39, 0.29) is 6.29 Å². The summed E-state index contributed by atoms with van der Waals surface area (Å²) in [6.45, 7) is 9.07. The van der Waals surface area contributed by atoms with Crippen molar-refractivity contribution in [2.75, 3.05) is 26.3 Å². The van der Waals surface area contributed by atoms with Crippen molar-refractivity contribution in [2.24, 2.45) is 5.92 Å². The molecule has 19 heavy (non-hydrogen) atoms. The van der Waals surface area contributed by atoms with Crippen molar-refractivity contribution in [3.63, 3.8) is 0 Å². The topological polar surface area (TPSA) is 50.7 Å². The van der Waals surface area contributed by atoms with Gasteiger partial charge in [0.1, 0.15) is 0 Å². The molecule has 0 atom stereocenters. The van der Waals surface area contributed by atoms with Crippen molar-refractivity contribution < 1.29 is 14.6 Å². The zero-order valence-corrected chi connectivity index (χ0v) is 12.8. The lowest BCUT2D eigenvalue weighted by Gasteiger charge is -2.35. The van der Waals surface area contributed by atoms with Gasteiger partial charge in [-0.15, -0.1) is 0 Å². The Labute approximate surface area is 117 Å². The SMILES string of the molecule is CCOC(CCNCC1(O)CCC(C)CC1)OCC. The van der Waals surface area contributed by atoms with Crippen LogP contribution in [0.3, 0.4) is 0 Å². The molecule has 4 nitrogen and oxygen atoms in total. The number of aliphatic hydroxyl groups is 1. The monoisotopic (exact) mass is 273 g/mol. The fraction of sp³-hybridized carbons (Fsp3) is 1.00. The molecule has 4 heteroatoms. The molecule has 0 spiro atoms. The highest BCUT2D eigenvalue weighted by Gasteiger charge is 2.31.